The summed E-state index contributed by atoms with van der Waals surface area (Å²) in [4.78, 5) is 19.5. The van der Waals surface area contributed by atoms with Gasteiger partial charge in [-0.15, -0.1) is 0 Å². The zero-order valence-electron chi connectivity index (χ0n) is 31.1. The minimum atomic E-state index is 0.559. The van der Waals surface area contributed by atoms with Crippen molar-refractivity contribution in [1.82, 2.24) is 19.9 Å². The largest absolute Gasteiger partial charge is 0.456 e. The second kappa shape index (κ2) is 14.0. The third kappa shape index (κ3) is 6.01. The number of hydrogen-bond acceptors (Lipinski definition) is 6. The summed E-state index contributed by atoms with van der Waals surface area (Å²) in [6.07, 6.45) is 8.00. The van der Waals surface area contributed by atoms with Crippen molar-refractivity contribution in [1.29, 1.82) is 0 Å². The lowest BCUT2D eigenvalue weighted by Crippen LogP contribution is -2.00. The lowest BCUT2D eigenvalue weighted by molar-refractivity contribution is 0.487. The predicted molar refractivity (Wildman–Crippen MR) is 233 cm³/mol. The highest BCUT2D eigenvalue weighted by molar-refractivity contribution is 6.07. The van der Waals surface area contributed by atoms with Gasteiger partial charge in [-0.05, 0) is 69.8 Å². The van der Waals surface area contributed by atoms with Gasteiger partial charge in [-0.25, -0.2) is 15.0 Å². The van der Waals surface area contributed by atoms with Crippen molar-refractivity contribution in [2.24, 2.45) is 0 Å². The standard InChI is InChI=1S/C52H32N4O2/c1-2-12-36(13-3-1)50-54-51(37-25-20-33(21-26-37)39-14-10-28-53-32-39)56-52(55-50)38-27-24-35-23-22-34-11-4-5-15-40(34)41-16-6-8-18-46(41)57-49-30-44-42-17-7-9-19-47(42)58-48(44)31-45(49)43(35)29-38/h1-32H. The third-order valence-corrected chi connectivity index (χ3v) is 10.7. The van der Waals surface area contributed by atoms with Crippen LogP contribution in [0.15, 0.2) is 187 Å². The molecule has 0 saturated heterocycles. The van der Waals surface area contributed by atoms with Crippen LogP contribution < -0.4 is 4.74 Å². The molecule has 7 aromatic carbocycles. The van der Waals surface area contributed by atoms with E-state index in [-0.39, 0.29) is 0 Å². The normalized spacial score (nSPS) is 11.9. The molecule has 0 saturated carbocycles. The molecule has 0 aliphatic carbocycles. The molecule has 0 bridgehead atoms. The Morgan fingerprint density at radius 2 is 1.00 bits per heavy atom. The highest BCUT2D eigenvalue weighted by Crippen LogP contribution is 2.45. The van der Waals surface area contributed by atoms with Gasteiger partial charge in [0.05, 0.1) is 0 Å². The summed E-state index contributed by atoms with van der Waals surface area (Å²) in [6, 6.07) is 57.7. The third-order valence-electron chi connectivity index (χ3n) is 10.7. The Kier molecular flexibility index (Phi) is 8.04. The van der Waals surface area contributed by atoms with Crippen LogP contribution in [0.25, 0.3) is 102 Å². The molecule has 1 aliphatic rings. The van der Waals surface area contributed by atoms with Gasteiger partial charge in [-0.2, -0.15) is 0 Å². The Morgan fingerprint density at radius 1 is 0.362 bits per heavy atom. The molecule has 58 heavy (non-hydrogen) atoms. The molecule has 1 aliphatic heterocycles. The maximum absolute atomic E-state index is 7.04. The average Bonchev–Trinajstić information content (AvgIpc) is 3.65. The van der Waals surface area contributed by atoms with Gasteiger partial charge in [-0.1, -0.05) is 146 Å². The molecule has 4 heterocycles. The van der Waals surface area contributed by atoms with Gasteiger partial charge in [0.1, 0.15) is 22.7 Å². The fourth-order valence-electron chi connectivity index (χ4n) is 7.78. The first-order chi connectivity index (χ1) is 28.7. The summed E-state index contributed by atoms with van der Waals surface area (Å²) in [6.45, 7) is 0. The van der Waals surface area contributed by atoms with E-state index in [0.29, 0.717) is 23.2 Å². The second-order valence-corrected chi connectivity index (χ2v) is 14.3. The van der Waals surface area contributed by atoms with E-state index in [9.17, 15) is 0 Å². The monoisotopic (exact) mass is 744 g/mol. The molecule has 11 rings (SSSR count). The van der Waals surface area contributed by atoms with Gasteiger partial charge in [0.15, 0.2) is 17.5 Å². The van der Waals surface area contributed by atoms with Crippen molar-refractivity contribution >= 4 is 34.1 Å². The van der Waals surface area contributed by atoms with Crippen LogP contribution in [0.3, 0.4) is 0 Å². The first kappa shape index (κ1) is 33.4. The van der Waals surface area contributed by atoms with E-state index >= 15 is 0 Å². The molecule has 6 heteroatoms. The summed E-state index contributed by atoms with van der Waals surface area (Å²) in [5.74, 6) is 3.21. The molecule has 0 N–H and O–H groups in total. The van der Waals surface area contributed by atoms with Gasteiger partial charge >= 0.3 is 0 Å². The number of rotatable bonds is 4. The Morgan fingerprint density at radius 3 is 1.81 bits per heavy atom. The molecule has 0 unspecified atom stereocenters. The fourth-order valence-corrected chi connectivity index (χ4v) is 7.78. The lowest BCUT2D eigenvalue weighted by atomic mass is 9.94. The van der Waals surface area contributed by atoms with Crippen LogP contribution in [0.1, 0.15) is 11.1 Å². The van der Waals surface area contributed by atoms with E-state index in [1.54, 1.807) is 6.20 Å². The first-order valence-electron chi connectivity index (χ1n) is 19.2. The summed E-state index contributed by atoms with van der Waals surface area (Å²) < 4.78 is 13.5. The van der Waals surface area contributed by atoms with E-state index < -0.39 is 0 Å². The second-order valence-electron chi connectivity index (χ2n) is 14.3. The maximum atomic E-state index is 7.04. The number of aromatic nitrogens is 4. The maximum Gasteiger partial charge on any atom is 0.164 e. The highest BCUT2D eigenvalue weighted by atomic mass is 16.5. The molecule has 0 radical (unpaired) electrons. The van der Waals surface area contributed by atoms with Crippen molar-refractivity contribution in [2.75, 3.05) is 0 Å². The van der Waals surface area contributed by atoms with E-state index in [0.717, 1.165) is 88.9 Å². The number of benzene rings is 7. The molecule has 3 aromatic heterocycles. The van der Waals surface area contributed by atoms with Gasteiger partial charge in [-0.3, -0.25) is 4.98 Å². The number of nitrogens with zero attached hydrogens (tertiary/aromatic N) is 4. The topological polar surface area (TPSA) is 73.9 Å². The lowest BCUT2D eigenvalue weighted by Gasteiger charge is -2.17. The smallest absolute Gasteiger partial charge is 0.164 e. The molecule has 272 valence electrons. The molecular formula is C52H32N4O2. The molecular weight excluding hydrogens is 713 g/mol. The van der Waals surface area contributed by atoms with Crippen LogP contribution in [0, 0.1) is 0 Å². The van der Waals surface area contributed by atoms with Crippen molar-refractivity contribution in [3.63, 3.8) is 0 Å². The highest BCUT2D eigenvalue weighted by Gasteiger charge is 2.21. The molecule has 6 nitrogen and oxygen atoms in total. The van der Waals surface area contributed by atoms with Crippen LogP contribution in [-0.4, -0.2) is 19.9 Å². The quantitative estimate of drug-likeness (QED) is 0.179. The summed E-state index contributed by atoms with van der Waals surface area (Å²) >= 11 is 0. The summed E-state index contributed by atoms with van der Waals surface area (Å²) in [7, 11) is 0. The minimum absolute atomic E-state index is 0.559. The van der Waals surface area contributed by atoms with Crippen LogP contribution in [-0.2, 0) is 0 Å². The Hall–Kier alpha value is -7.96. The van der Waals surface area contributed by atoms with E-state index in [1.165, 1.54) is 0 Å². The Balaban J connectivity index is 1.13. The number of furan rings is 1. The van der Waals surface area contributed by atoms with Crippen molar-refractivity contribution in [2.45, 2.75) is 0 Å². The van der Waals surface area contributed by atoms with Crippen LogP contribution in [0.4, 0.5) is 0 Å². The van der Waals surface area contributed by atoms with Crippen molar-refractivity contribution < 1.29 is 9.15 Å². The number of pyridine rings is 1. The van der Waals surface area contributed by atoms with E-state index in [2.05, 4.69) is 120 Å². The summed E-state index contributed by atoms with van der Waals surface area (Å²) in [5.41, 5.74) is 12.4. The van der Waals surface area contributed by atoms with Crippen LogP contribution in [0.5, 0.6) is 11.5 Å². The number of hydrogen-bond donors (Lipinski definition) is 0. The minimum Gasteiger partial charge on any atom is -0.456 e. The van der Waals surface area contributed by atoms with Crippen molar-refractivity contribution in [3.05, 3.63) is 193 Å². The van der Waals surface area contributed by atoms with Gasteiger partial charge in [0.25, 0.3) is 0 Å². The Labute approximate surface area is 334 Å². The molecule has 0 fully saturated rings. The average molecular weight is 745 g/mol. The van der Waals surface area contributed by atoms with E-state index in [4.69, 9.17) is 24.1 Å². The van der Waals surface area contributed by atoms with Crippen LogP contribution >= 0.6 is 0 Å². The zero-order chi connectivity index (χ0) is 38.4. The predicted octanol–water partition coefficient (Wildman–Crippen LogP) is 13.4. The van der Waals surface area contributed by atoms with E-state index in [1.807, 2.05) is 72.9 Å². The number of ether oxygens (including phenoxy) is 1. The Bertz CT molecular complexity index is 3190. The fraction of sp³-hybridized carbons (Fsp3) is 0. The summed E-state index contributed by atoms with van der Waals surface area (Å²) in [5, 5.41) is 2.02. The number of fused-ring (bicyclic) bond motifs is 9. The van der Waals surface area contributed by atoms with Gasteiger partial charge in [0, 0.05) is 51.0 Å². The van der Waals surface area contributed by atoms with Gasteiger partial charge < -0.3 is 9.15 Å². The molecule has 0 spiro atoms. The molecule has 0 amide bonds. The molecule has 10 aromatic rings. The first-order valence-corrected chi connectivity index (χ1v) is 19.2. The van der Waals surface area contributed by atoms with Crippen molar-refractivity contribution in [3.8, 4) is 79.0 Å². The van der Waals surface area contributed by atoms with Gasteiger partial charge in [0.2, 0.25) is 0 Å². The van der Waals surface area contributed by atoms with Crippen LogP contribution in [0.2, 0.25) is 0 Å². The number of para-hydroxylation sites is 2. The SMILES string of the molecule is C1=Cc2ccc(-c3nc(-c4ccccc4)nc(-c4ccc(-c5cccnc5)cc4)n3)cc2-c2cc3oc4ccccc4c3cc2Oc2ccccc2-c2ccccc21. The molecule has 0 atom stereocenters. The zero-order valence-corrected chi connectivity index (χ0v) is 31.1.